The van der Waals surface area contributed by atoms with Crippen LogP contribution in [-0.4, -0.2) is 44.7 Å². The van der Waals surface area contributed by atoms with Gasteiger partial charge in [-0.1, -0.05) is 35.9 Å². The van der Waals surface area contributed by atoms with Crippen LogP contribution in [0.1, 0.15) is 27.9 Å². The Hall–Kier alpha value is -3.49. The predicted octanol–water partition coefficient (Wildman–Crippen LogP) is 3.85. The monoisotopic (exact) mass is 477 g/mol. The number of para-hydroxylation sites is 1. The normalized spacial score (nSPS) is 15.6. The molecule has 0 aliphatic carbocycles. The molecule has 0 spiro atoms. The quantitative estimate of drug-likeness (QED) is 0.605. The molecule has 176 valence electrons. The van der Waals surface area contributed by atoms with Crippen molar-refractivity contribution < 1.29 is 18.0 Å². The van der Waals surface area contributed by atoms with Crippen LogP contribution >= 0.6 is 0 Å². The Balaban J connectivity index is 1.67. The number of nitrogens with one attached hydrogen (secondary N) is 1. The molecule has 0 saturated heterocycles. The Labute approximate surface area is 200 Å². The second-order valence-electron chi connectivity index (χ2n) is 8.53. The zero-order valence-electron chi connectivity index (χ0n) is 19.4. The Morgan fingerprint density at radius 1 is 0.941 bits per heavy atom. The number of carbonyl (C=O) groups is 2. The molecule has 1 N–H and O–H groups in total. The lowest BCUT2D eigenvalue weighted by atomic mass is 9.94. The first-order valence-corrected chi connectivity index (χ1v) is 12.4. The SMILES string of the molecule is Cc1ccc(NC(=O)C2CCc3ccccc3N2C(=O)c2ccc(S(=O)(=O)N(C)C)cc2)cc1. The molecular formula is C26H27N3O4S. The largest absolute Gasteiger partial charge is 0.324 e. The van der Waals surface area contributed by atoms with Crippen LogP contribution in [0.3, 0.4) is 0 Å². The van der Waals surface area contributed by atoms with Crippen molar-refractivity contribution in [2.75, 3.05) is 24.3 Å². The van der Waals surface area contributed by atoms with Crippen LogP contribution in [0, 0.1) is 6.92 Å². The number of hydrogen-bond acceptors (Lipinski definition) is 4. The van der Waals surface area contributed by atoms with E-state index in [9.17, 15) is 18.0 Å². The van der Waals surface area contributed by atoms with Gasteiger partial charge in [0.15, 0.2) is 0 Å². The molecule has 3 aromatic rings. The molecule has 0 saturated carbocycles. The summed E-state index contributed by atoms with van der Waals surface area (Å²) in [4.78, 5) is 28.6. The fraction of sp³-hybridized carbons (Fsp3) is 0.231. The van der Waals surface area contributed by atoms with Crippen LogP contribution in [0.2, 0.25) is 0 Å². The van der Waals surface area contributed by atoms with E-state index in [1.165, 1.54) is 43.3 Å². The number of sulfonamides is 1. The van der Waals surface area contributed by atoms with Crippen molar-refractivity contribution in [3.63, 3.8) is 0 Å². The lowest BCUT2D eigenvalue weighted by Crippen LogP contribution is -2.50. The van der Waals surface area contributed by atoms with Crippen molar-refractivity contribution in [1.29, 1.82) is 0 Å². The Kier molecular flexibility index (Phi) is 6.54. The Morgan fingerprint density at radius 2 is 1.59 bits per heavy atom. The third-order valence-corrected chi connectivity index (χ3v) is 7.80. The van der Waals surface area contributed by atoms with Gasteiger partial charge in [0, 0.05) is 31.0 Å². The summed E-state index contributed by atoms with van der Waals surface area (Å²) in [5.41, 5.74) is 3.73. The van der Waals surface area contributed by atoms with Crippen LogP contribution in [0.25, 0.3) is 0 Å². The minimum absolute atomic E-state index is 0.0989. The summed E-state index contributed by atoms with van der Waals surface area (Å²) >= 11 is 0. The molecule has 2 amide bonds. The maximum atomic E-state index is 13.7. The van der Waals surface area contributed by atoms with E-state index in [1.807, 2.05) is 55.5 Å². The molecule has 0 radical (unpaired) electrons. The third kappa shape index (κ3) is 4.60. The average molecular weight is 478 g/mol. The summed E-state index contributed by atoms with van der Waals surface area (Å²) in [5.74, 6) is -0.622. The molecule has 1 heterocycles. The van der Waals surface area contributed by atoms with E-state index < -0.39 is 16.1 Å². The predicted molar refractivity (Wildman–Crippen MR) is 132 cm³/mol. The second kappa shape index (κ2) is 9.40. The summed E-state index contributed by atoms with van der Waals surface area (Å²) < 4.78 is 25.9. The van der Waals surface area contributed by atoms with Crippen LogP contribution in [0.5, 0.6) is 0 Å². The number of rotatable bonds is 5. The van der Waals surface area contributed by atoms with Crippen molar-refractivity contribution in [3.8, 4) is 0 Å². The second-order valence-corrected chi connectivity index (χ2v) is 10.7. The van der Waals surface area contributed by atoms with E-state index in [0.717, 1.165) is 15.4 Å². The highest BCUT2D eigenvalue weighted by Crippen LogP contribution is 2.33. The average Bonchev–Trinajstić information content (AvgIpc) is 2.84. The summed E-state index contributed by atoms with van der Waals surface area (Å²) in [6.45, 7) is 1.97. The number of carbonyl (C=O) groups excluding carboxylic acids is 2. The molecule has 3 aromatic carbocycles. The number of anilines is 2. The molecule has 8 heteroatoms. The van der Waals surface area contributed by atoms with Gasteiger partial charge < -0.3 is 5.32 Å². The van der Waals surface area contributed by atoms with Gasteiger partial charge in [0.2, 0.25) is 15.9 Å². The van der Waals surface area contributed by atoms with Gasteiger partial charge in [-0.05, 0) is 67.8 Å². The molecule has 1 unspecified atom stereocenters. The van der Waals surface area contributed by atoms with Crippen LogP contribution < -0.4 is 10.2 Å². The molecule has 0 aromatic heterocycles. The summed E-state index contributed by atoms with van der Waals surface area (Å²) in [7, 11) is -0.701. The van der Waals surface area contributed by atoms with Crippen molar-refractivity contribution in [1.82, 2.24) is 4.31 Å². The van der Waals surface area contributed by atoms with Gasteiger partial charge in [0.1, 0.15) is 6.04 Å². The number of hydrogen-bond donors (Lipinski definition) is 1. The van der Waals surface area contributed by atoms with E-state index in [-0.39, 0.29) is 16.7 Å². The molecule has 1 aliphatic rings. The Morgan fingerprint density at radius 3 is 2.24 bits per heavy atom. The molecule has 0 bridgehead atoms. The summed E-state index contributed by atoms with van der Waals surface area (Å²) in [5, 5.41) is 2.93. The molecular weight excluding hydrogens is 450 g/mol. The topological polar surface area (TPSA) is 86.8 Å². The van der Waals surface area contributed by atoms with Gasteiger partial charge >= 0.3 is 0 Å². The van der Waals surface area contributed by atoms with Crippen molar-refractivity contribution in [3.05, 3.63) is 89.5 Å². The summed E-state index contributed by atoms with van der Waals surface area (Å²) in [6, 6.07) is 20.2. The highest BCUT2D eigenvalue weighted by atomic mass is 32.2. The van der Waals surface area contributed by atoms with Gasteiger partial charge in [-0.2, -0.15) is 0 Å². The third-order valence-electron chi connectivity index (χ3n) is 5.97. The van der Waals surface area contributed by atoms with E-state index in [4.69, 9.17) is 0 Å². The minimum Gasteiger partial charge on any atom is -0.324 e. The van der Waals surface area contributed by atoms with E-state index in [0.29, 0.717) is 29.8 Å². The molecule has 34 heavy (non-hydrogen) atoms. The highest BCUT2D eigenvalue weighted by Gasteiger charge is 2.36. The number of benzene rings is 3. The van der Waals surface area contributed by atoms with Gasteiger partial charge in [-0.15, -0.1) is 0 Å². The lowest BCUT2D eigenvalue weighted by Gasteiger charge is -2.36. The van der Waals surface area contributed by atoms with E-state index >= 15 is 0 Å². The molecule has 0 fully saturated rings. The maximum Gasteiger partial charge on any atom is 0.259 e. The number of amides is 2. The zero-order chi connectivity index (χ0) is 24.5. The summed E-state index contributed by atoms with van der Waals surface area (Å²) in [6.07, 6.45) is 1.15. The smallest absolute Gasteiger partial charge is 0.259 e. The van der Waals surface area contributed by atoms with Crippen molar-refractivity contribution >= 4 is 33.2 Å². The van der Waals surface area contributed by atoms with E-state index in [2.05, 4.69) is 5.32 Å². The van der Waals surface area contributed by atoms with Gasteiger partial charge in [0.05, 0.1) is 4.90 Å². The number of nitrogens with zero attached hydrogens (tertiary/aromatic N) is 2. The van der Waals surface area contributed by atoms with Gasteiger partial charge in [0.25, 0.3) is 5.91 Å². The fourth-order valence-electron chi connectivity index (χ4n) is 4.03. The Bertz CT molecular complexity index is 1320. The number of aryl methyl sites for hydroxylation is 2. The van der Waals surface area contributed by atoms with Gasteiger partial charge in [-0.25, -0.2) is 12.7 Å². The van der Waals surface area contributed by atoms with Crippen LogP contribution in [0.15, 0.2) is 77.7 Å². The van der Waals surface area contributed by atoms with Crippen molar-refractivity contribution in [2.24, 2.45) is 0 Å². The molecule has 4 rings (SSSR count). The molecule has 1 aliphatic heterocycles. The highest BCUT2D eigenvalue weighted by molar-refractivity contribution is 7.89. The van der Waals surface area contributed by atoms with E-state index in [1.54, 1.807) is 0 Å². The standard InChI is InChI=1S/C26H27N3O4S/c1-18-8-13-21(14-9-18)27-25(30)24-17-12-19-6-4-5-7-23(19)29(24)26(31)20-10-15-22(16-11-20)34(32,33)28(2)3/h4-11,13-16,24H,12,17H2,1-3H3,(H,27,30). The molecule has 1 atom stereocenters. The van der Waals surface area contributed by atoms with Crippen LogP contribution in [0.4, 0.5) is 11.4 Å². The lowest BCUT2D eigenvalue weighted by molar-refractivity contribution is -0.117. The minimum atomic E-state index is -3.61. The first kappa shape index (κ1) is 23.7. The van der Waals surface area contributed by atoms with Crippen molar-refractivity contribution in [2.45, 2.75) is 30.7 Å². The van der Waals surface area contributed by atoms with Gasteiger partial charge in [-0.3, -0.25) is 14.5 Å². The fourth-order valence-corrected chi connectivity index (χ4v) is 4.93. The molecule has 7 nitrogen and oxygen atoms in total. The first-order chi connectivity index (χ1) is 16.2. The van der Waals surface area contributed by atoms with Crippen LogP contribution in [-0.2, 0) is 21.2 Å². The maximum absolute atomic E-state index is 13.7. The first-order valence-electron chi connectivity index (χ1n) is 11.0. The number of fused-ring (bicyclic) bond motifs is 1. The zero-order valence-corrected chi connectivity index (χ0v) is 20.2.